The molecule has 0 bridgehead atoms. The molecule has 0 unspecified atom stereocenters. The number of amides is 1. The van der Waals surface area contributed by atoms with Crippen LogP contribution in [0.1, 0.15) is 15.9 Å². The van der Waals surface area contributed by atoms with Crippen LogP contribution in [0.5, 0.6) is 0 Å². The van der Waals surface area contributed by atoms with Gasteiger partial charge in [0.05, 0.1) is 16.9 Å². The Labute approximate surface area is 138 Å². The predicted octanol–water partition coefficient (Wildman–Crippen LogP) is 5.01. The van der Waals surface area contributed by atoms with Crippen molar-refractivity contribution < 1.29 is 4.79 Å². The molecule has 2 aromatic rings. The first-order valence-corrected chi connectivity index (χ1v) is 7.67. The van der Waals surface area contributed by atoms with Crippen LogP contribution in [0, 0.1) is 6.92 Å². The third-order valence-electron chi connectivity index (χ3n) is 2.74. The number of hydrogen-bond donors (Lipinski definition) is 2. The fraction of sp³-hybridized carbons (Fsp3) is 0.0714. The first-order chi connectivity index (χ1) is 9.38. The fourth-order valence-corrected chi connectivity index (χ4v) is 2.98. The fourth-order valence-electron chi connectivity index (χ4n) is 1.79. The molecule has 0 heterocycles. The maximum absolute atomic E-state index is 12.3. The largest absolute Gasteiger partial charge is 0.397 e. The van der Waals surface area contributed by atoms with Crippen molar-refractivity contribution in [3.05, 3.63) is 55.4 Å². The van der Waals surface area contributed by atoms with E-state index in [-0.39, 0.29) is 5.91 Å². The topological polar surface area (TPSA) is 55.1 Å². The van der Waals surface area contributed by atoms with Gasteiger partial charge in [0.15, 0.2) is 0 Å². The zero-order chi connectivity index (χ0) is 14.9. The van der Waals surface area contributed by atoms with E-state index in [1.54, 1.807) is 24.3 Å². The van der Waals surface area contributed by atoms with Crippen molar-refractivity contribution in [1.82, 2.24) is 0 Å². The smallest absolute Gasteiger partial charge is 0.256 e. The van der Waals surface area contributed by atoms with Crippen molar-refractivity contribution >= 4 is 60.7 Å². The van der Waals surface area contributed by atoms with Gasteiger partial charge in [-0.1, -0.05) is 27.5 Å². The molecular weight excluding hydrogens is 407 g/mol. The van der Waals surface area contributed by atoms with Crippen LogP contribution in [0.4, 0.5) is 11.4 Å². The van der Waals surface area contributed by atoms with Gasteiger partial charge in [-0.05, 0) is 58.7 Å². The molecule has 0 saturated carbocycles. The molecule has 0 aliphatic rings. The van der Waals surface area contributed by atoms with Gasteiger partial charge in [0, 0.05) is 14.0 Å². The number of aryl methyl sites for hydroxylation is 1. The van der Waals surface area contributed by atoms with E-state index < -0.39 is 0 Å². The normalized spacial score (nSPS) is 10.4. The van der Waals surface area contributed by atoms with Gasteiger partial charge in [-0.2, -0.15) is 0 Å². The molecule has 20 heavy (non-hydrogen) atoms. The summed E-state index contributed by atoms with van der Waals surface area (Å²) in [5, 5.41) is 3.32. The monoisotopic (exact) mass is 416 g/mol. The molecular formula is C14H11Br2ClN2O. The Kier molecular flexibility index (Phi) is 4.73. The van der Waals surface area contributed by atoms with Crippen LogP contribution in [0.3, 0.4) is 0 Å². The predicted molar refractivity (Wildman–Crippen MR) is 90.4 cm³/mol. The van der Waals surface area contributed by atoms with Gasteiger partial charge in [-0.25, -0.2) is 0 Å². The highest BCUT2D eigenvalue weighted by molar-refractivity contribution is 9.10. The molecule has 3 nitrogen and oxygen atoms in total. The van der Waals surface area contributed by atoms with Gasteiger partial charge in [0.25, 0.3) is 5.91 Å². The zero-order valence-corrected chi connectivity index (χ0v) is 14.4. The molecule has 3 N–H and O–H groups in total. The minimum atomic E-state index is -0.267. The molecule has 0 fully saturated rings. The number of nitrogen functional groups attached to an aromatic ring is 1. The lowest BCUT2D eigenvalue weighted by Crippen LogP contribution is -2.15. The Morgan fingerprint density at radius 3 is 2.60 bits per heavy atom. The second-order valence-corrected chi connectivity index (χ2v) is 6.47. The second-order valence-electron chi connectivity index (χ2n) is 4.27. The molecule has 0 saturated heterocycles. The average molecular weight is 419 g/mol. The highest BCUT2D eigenvalue weighted by Gasteiger charge is 2.14. The van der Waals surface area contributed by atoms with E-state index in [0.717, 1.165) is 10.0 Å². The SMILES string of the molecule is Cc1cc(Br)cc(N)c1NC(=O)c1cc(Cl)ccc1Br. The van der Waals surface area contributed by atoms with E-state index >= 15 is 0 Å². The summed E-state index contributed by atoms with van der Waals surface area (Å²) >= 11 is 12.6. The molecule has 6 heteroatoms. The summed E-state index contributed by atoms with van der Waals surface area (Å²) in [6.45, 7) is 1.88. The van der Waals surface area contributed by atoms with Crippen LogP contribution in [0.15, 0.2) is 39.3 Å². The Hall–Kier alpha value is -1.04. The molecule has 0 spiro atoms. The van der Waals surface area contributed by atoms with Crippen LogP contribution in [0.25, 0.3) is 0 Å². The Bertz CT molecular complexity index is 666. The second kappa shape index (κ2) is 6.16. The molecule has 2 rings (SSSR count). The van der Waals surface area contributed by atoms with Crippen LogP contribution < -0.4 is 11.1 Å². The van der Waals surface area contributed by atoms with E-state index in [1.807, 2.05) is 13.0 Å². The van der Waals surface area contributed by atoms with Crippen molar-refractivity contribution in [1.29, 1.82) is 0 Å². The van der Waals surface area contributed by atoms with E-state index in [9.17, 15) is 4.79 Å². The summed E-state index contributed by atoms with van der Waals surface area (Å²) in [6.07, 6.45) is 0. The van der Waals surface area contributed by atoms with Crippen molar-refractivity contribution in [2.45, 2.75) is 6.92 Å². The number of halogens is 3. The van der Waals surface area contributed by atoms with Crippen LogP contribution in [-0.4, -0.2) is 5.91 Å². The standard InChI is InChI=1S/C14H11Br2ClN2O/c1-7-4-8(15)5-12(18)13(7)19-14(20)10-6-9(17)2-3-11(10)16/h2-6H,18H2,1H3,(H,19,20). The number of benzene rings is 2. The van der Waals surface area contributed by atoms with Gasteiger partial charge >= 0.3 is 0 Å². The summed E-state index contributed by atoms with van der Waals surface area (Å²) in [5.41, 5.74) is 8.37. The number of nitrogens with two attached hydrogens (primary N) is 1. The molecule has 0 radical (unpaired) electrons. The quantitative estimate of drug-likeness (QED) is 0.674. The van der Waals surface area contributed by atoms with E-state index in [4.69, 9.17) is 17.3 Å². The van der Waals surface area contributed by atoms with Crippen LogP contribution >= 0.6 is 43.5 Å². The van der Waals surface area contributed by atoms with Crippen molar-refractivity contribution in [3.63, 3.8) is 0 Å². The highest BCUT2D eigenvalue weighted by Crippen LogP contribution is 2.29. The summed E-state index contributed by atoms with van der Waals surface area (Å²) < 4.78 is 1.54. The number of carbonyl (C=O) groups is 1. The first-order valence-electron chi connectivity index (χ1n) is 5.70. The van der Waals surface area contributed by atoms with Gasteiger partial charge in [0.1, 0.15) is 0 Å². The molecule has 0 aliphatic carbocycles. The molecule has 0 atom stereocenters. The number of nitrogens with one attached hydrogen (secondary N) is 1. The number of carbonyl (C=O) groups excluding carboxylic acids is 1. The number of hydrogen-bond acceptors (Lipinski definition) is 2. The summed E-state index contributed by atoms with van der Waals surface area (Å²) in [7, 11) is 0. The zero-order valence-electron chi connectivity index (χ0n) is 10.5. The number of anilines is 2. The Morgan fingerprint density at radius 2 is 1.95 bits per heavy atom. The Morgan fingerprint density at radius 1 is 1.25 bits per heavy atom. The average Bonchev–Trinajstić information content (AvgIpc) is 2.36. The van der Waals surface area contributed by atoms with Gasteiger partial charge in [-0.15, -0.1) is 0 Å². The third kappa shape index (κ3) is 3.34. The minimum absolute atomic E-state index is 0.267. The highest BCUT2D eigenvalue weighted by atomic mass is 79.9. The van der Waals surface area contributed by atoms with Crippen molar-refractivity contribution in [3.8, 4) is 0 Å². The maximum Gasteiger partial charge on any atom is 0.256 e. The Balaban J connectivity index is 2.35. The van der Waals surface area contributed by atoms with E-state index in [1.165, 1.54) is 0 Å². The summed E-state index contributed by atoms with van der Waals surface area (Å²) in [5.74, 6) is -0.267. The maximum atomic E-state index is 12.3. The van der Waals surface area contributed by atoms with E-state index in [2.05, 4.69) is 37.2 Å². The molecule has 0 aliphatic heterocycles. The van der Waals surface area contributed by atoms with Gasteiger partial charge < -0.3 is 11.1 Å². The van der Waals surface area contributed by atoms with Crippen LogP contribution in [-0.2, 0) is 0 Å². The lowest BCUT2D eigenvalue weighted by molar-refractivity contribution is 0.102. The third-order valence-corrected chi connectivity index (χ3v) is 4.13. The molecule has 2 aromatic carbocycles. The van der Waals surface area contributed by atoms with Crippen molar-refractivity contribution in [2.75, 3.05) is 11.1 Å². The summed E-state index contributed by atoms with van der Waals surface area (Å²) in [4.78, 5) is 12.3. The van der Waals surface area contributed by atoms with Crippen LogP contribution in [0.2, 0.25) is 5.02 Å². The molecule has 1 amide bonds. The first kappa shape index (κ1) is 15.4. The van der Waals surface area contributed by atoms with E-state index in [0.29, 0.717) is 26.4 Å². The molecule has 0 aromatic heterocycles. The van der Waals surface area contributed by atoms with Gasteiger partial charge in [0.2, 0.25) is 0 Å². The van der Waals surface area contributed by atoms with Gasteiger partial charge in [-0.3, -0.25) is 4.79 Å². The summed E-state index contributed by atoms with van der Waals surface area (Å²) in [6, 6.07) is 8.68. The molecule has 104 valence electrons. The number of rotatable bonds is 2. The van der Waals surface area contributed by atoms with Crippen molar-refractivity contribution in [2.24, 2.45) is 0 Å². The lowest BCUT2D eigenvalue weighted by atomic mass is 10.1. The lowest BCUT2D eigenvalue weighted by Gasteiger charge is -2.13. The minimum Gasteiger partial charge on any atom is -0.397 e.